The minimum absolute atomic E-state index is 0.0287. The molecule has 0 fully saturated rings. The number of carbonyl (C=O) groups excluding carboxylic acids is 2. The van der Waals surface area contributed by atoms with Crippen LogP contribution in [-0.2, 0) is 14.3 Å². The van der Waals surface area contributed by atoms with E-state index in [1.54, 1.807) is 0 Å². The lowest BCUT2D eigenvalue weighted by Crippen LogP contribution is -2.42. The van der Waals surface area contributed by atoms with Crippen LogP contribution in [0.4, 0.5) is 0 Å². The summed E-state index contributed by atoms with van der Waals surface area (Å²) in [5.41, 5.74) is -0.703. The number of nitrogens with one attached hydrogen (secondary N) is 1. The van der Waals surface area contributed by atoms with Crippen molar-refractivity contribution in [2.24, 2.45) is 10.8 Å². The second kappa shape index (κ2) is 9.10. The Bertz CT molecular complexity index is 359. The fraction of sp³-hybridized carbons (Fsp3) is 0.900. The maximum absolute atomic E-state index is 11.4. The SMILES string of the molecule is CC(C)(C)NCC(=O)C(C)(C)C.CC(C)(C)OCC(=O)C(C)(C)C. The summed E-state index contributed by atoms with van der Waals surface area (Å²) in [5.74, 6) is 0.412. The number of hydrogen-bond donors (Lipinski definition) is 1. The number of carbonyl (C=O) groups is 2. The van der Waals surface area contributed by atoms with E-state index in [-0.39, 0.29) is 40.1 Å². The smallest absolute Gasteiger partial charge is 0.163 e. The van der Waals surface area contributed by atoms with E-state index >= 15 is 0 Å². The Balaban J connectivity index is 0. The second-order valence-corrected chi connectivity index (χ2v) is 10.4. The van der Waals surface area contributed by atoms with E-state index in [4.69, 9.17) is 4.74 Å². The molecule has 24 heavy (non-hydrogen) atoms. The number of ether oxygens (including phenoxy) is 1. The standard InChI is InChI=1S/C10H21NO.C10H20O2/c1-9(2,3)8(12)7-11-10(4,5)6;1-9(2,3)8(11)7-12-10(4,5)6/h11H,7H2,1-6H3;7H2,1-6H3. The minimum Gasteiger partial charge on any atom is -0.368 e. The molecule has 144 valence electrons. The van der Waals surface area contributed by atoms with E-state index in [9.17, 15) is 9.59 Å². The maximum Gasteiger partial charge on any atom is 0.163 e. The first-order valence-electron chi connectivity index (χ1n) is 8.71. The van der Waals surface area contributed by atoms with Crippen LogP contribution in [0.5, 0.6) is 0 Å². The van der Waals surface area contributed by atoms with Gasteiger partial charge in [-0.15, -0.1) is 0 Å². The predicted molar refractivity (Wildman–Crippen MR) is 102 cm³/mol. The van der Waals surface area contributed by atoms with Crippen molar-refractivity contribution in [3.05, 3.63) is 0 Å². The van der Waals surface area contributed by atoms with Crippen LogP contribution < -0.4 is 5.32 Å². The minimum atomic E-state index is -0.286. The Hall–Kier alpha value is -0.740. The van der Waals surface area contributed by atoms with Crippen molar-refractivity contribution >= 4 is 11.6 Å². The molecule has 0 aliphatic rings. The van der Waals surface area contributed by atoms with Gasteiger partial charge >= 0.3 is 0 Å². The molecule has 0 amide bonds. The molecule has 0 saturated carbocycles. The molecule has 0 rings (SSSR count). The number of Topliss-reactive ketones (excluding diaryl/α,β-unsaturated/α-hetero) is 2. The van der Waals surface area contributed by atoms with E-state index < -0.39 is 0 Å². The Labute approximate surface area is 150 Å². The zero-order valence-electron chi connectivity index (χ0n) is 18.1. The molecule has 4 nitrogen and oxygen atoms in total. The van der Waals surface area contributed by atoms with Gasteiger partial charge in [-0.05, 0) is 41.5 Å². The molecule has 0 saturated heterocycles. The molecule has 4 heteroatoms. The molecule has 0 aliphatic carbocycles. The first kappa shape index (κ1) is 25.5. The normalized spacial score (nSPS) is 13.2. The lowest BCUT2D eigenvalue weighted by Gasteiger charge is -2.23. The lowest BCUT2D eigenvalue weighted by molar-refractivity contribution is -0.135. The summed E-state index contributed by atoms with van der Waals surface area (Å²) in [6.45, 7) is 24.2. The molecule has 0 aromatic heterocycles. The molecule has 0 bridgehead atoms. The zero-order valence-corrected chi connectivity index (χ0v) is 18.1. The summed E-state index contributed by atoms with van der Waals surface area (Å²) in [7, 11) is 0. The van der Waals surface area contributed by atoms with Crippen LogP contribution in [-0.4, -0.2) is 35.9 Å². The fourth-order valence-corrected chi connectivity index (χ4v) is 1.11. The summed E-state index contributed by atoms with van der Waals surface area (Å²) >= 11 is 0. The predicted octanol–water partition coefficient (Wildman–Crippen LogP) is 4.41. The average Bonchev–Trinajstić information content (AvgIpc) is 2.29. The van der Waals surface area contributed by atoms with E-state index in [2.05, 4.69) is 26.1 Å². The largest absolute Gasteiger partial charge is 0.368 e. The van der Waals surface area contributed by atoms with E-state index in [1.165, 1.54) is 0 Å². The van der Waals surface area contributed by atoms with Crippen LogP contribution in [0.3, 0.4) is 0 Å². The summed E-state index contributed by atoms with van der Waals surface area (Å²) in [6, 6.07) is 0. The molecule has 0 radical (unpaired) electrons. The maximum atomic E-state index is 11.4. The Morgan fingerprint density at radius 1 is 0.708 bits per heavy atom. The summed E-state index contributed by atoms with van der Waals surface area (Å²) < 4.78 is 5.37. The van der Waals surface area contributed by atoms with Crippen LogP contribution in [0.15, 0.2) is 0 Å². The second-order valence-electron chi connectivity index (χ2n) is 10.4. The highest BCUT2D eigenvalue weighted by molar-refractivity contribution is 5.85. The van der Waals surface area contributed by atoms with E-state index in [1.807, 2.05) is 62.3 Å². The molecule has 0 heterocycles. The lowest BCUT2D eigenvalue weighted by atomic mass is 9.90. The summed E-state index contributed by atoms with van der Waals surface area (Å²) in [5, 5.41) is 3.18. The third-order valence-electron chi connectivity index (χ3n) is 3.09. The van der Waals surface area contributed by atoms with Gasteiger partial charge in [-0.2, -0.15) is 0 Å². The molecule has 0 aromatic rings. The quantitative estimate of drug-likeness (QED) is 0.821. The van der Waals surface area contributed by atoms with Crippen molar-refractivity contribution < 1.29 is 14.3 Å². The molecule has 1 N–H and O–H groups in total. The molecular formula is C20H41NO3. The topological polar surface area (TPSA) is 55.4 Å². The van der Waals surface area contributed by atoms with Gasteiger partial charge in [-0.25, -0.2) is 0 Å². The summed E-state index contributed by atoms with van der Waals surface area (Å²) in [4.78, 5) is 22.8. The first-order chi connectivity index (χ1) is 10.3. The Kier molecular flexibility index (Phi) is 9.66. The average molecular weight is 344 g/mol. The van der Waals surface area contributed by atoms with Crippen LogP contribution in [0.25, 0.3) is 0 Å². The highest BCUT2D eigenvalue weighted by atomic mass is 16.5. The van der Waals surface area contributed by atoms with Crippen molar-refractivity contribution in [3.8, 4) is 0 Å². The molecule has 0 unspecified atom stereocenters. The highest BCUT2D eigenvalue weighted by Crippen LogP contribution is 2.16. The fourth-order valence-electron chi connectivity index (χ4n) is 1.11. The van der Waals surface area contributed by atoms with Crippen molar-refractivity contribution in [1.29, 1.82) is 0 Å². The third kappa shape index (κ3) is 16.1. The summed E-state index contributed by atoms with van der Waals surface area (Å²) in [6.07, 6.45) is 0. The van der Waals surface area contributed by atoms with Crippen LogP contribution in [0.2, 0.25) is 0 Å². The van der Waals surface area contributed by atoms with Crippen molar-refractivity contribution in [2.45, 2.75) is 94.2 Å². The van der Waals surface area contributed by atoms with Crippen molar-refractivity contribution in [3.63, 3.8) is 0 Å². The number of hydrogen-bond acceptors (Lipinski definition) is 4. The van der Waals surface area contributed by atoms with Gasteiger partial charge in [-0.1, -0.05) is 41.5 Å². The molecule has 0 aliphatic heterocycles. The Morgan fingerprint density at radius 3 is 1.33 bits per heavy atom. The van der Waals surface area contributed by atoms with Gasteiger partial charge in [0.05, 0.1) is 12.1 Å². The first-order valence-corrected chi connectivity index (χ1v) is 8.71. The molecule has 0 aromatic carbocycles. The zero-order chi connectivity index (χ0) is 20.0. The highest BCUT2D eigenvalue weighted by Gasteiger charge is 2.23. The number of rotatable bonds is 4. The number of ketones is 2. The van der Waals surface area contributed by atoms with Crippen LogP contribution in [0, 0.1) is 10.8 Å². The molecule has 0 atom stereocenters. The van der Waals surface area contributed by atoms with Crippen molar-refractivity contribution in [2.75, 3.05) is 13.2 Å². The van der Waals surface area contributed by atoms with Crippen molar-refractivity contribution in [1.82, 2.24) is 5.32 Å². The monoisotopic (exact) mass is 343 g/mol. The van der Waals surface area contributed by atoms with Gasteiger partial charge in [0.2, 0.25) is 0 Å². The third-order valence-corrected chi connectivity index (χ3v) is 3.09. The van der Waals surface area contributed by atoms with E-state index in [0.29, 0.717) is 6.54 Å². The van der Waals surface area contributed by atoms with Crippen LogP contribution in [0.1, 0.15) is 83.1 Å². The van der Waals surface area contributed by atoms with Gasteiger partial charge in [0.1, 0.15) is 6.61 Å². The molecular weight excluding hydrogens is 302 g/mol. The van der Waals surface area contributed by atoms with Gasteiger partial charge in [0.25, 0.3) is 0 Å². The Morgan fingerprint density at radius 2 is 1.08 bits per heavy atom. The van der Waals surface area contributed by atoms with Crippen LogP contribution >= 0.6 is 0 Å². The molecule has 0 spiro atoms. The van der Waals surface area contributed by atoms with Gasteiger partial charge in [-0.3, -0.25) is 9.59 Å². The van der Waals surface area contributed by atoms with Gasteiger partial charge < -0.3 is 10.1 Å². The van der Waals surface area contributed by atoms with Gasteiger partial charge in [0.15, 0.2) is 11.6 Å². The van der Waals surface area contributed by atoms with E-state index in [0.717, 1.165) is 0 Å². The van der Waals surface area contributed by atoms with Gasteiger partial charge in [0, 0.05) is 16.4 Å².